The number of methoxy groups -OCH3 is 1. The fourth-order valence-corrected chi connectivity index (χ4v) is 1.26. The predicted molar refractivity (Wildman–Crippen MR) is 60.0 cm³/mol. The molecule has 0 aliphatic heterocycles. The van der Waals surface area contributed by atoms with Gasteiger partial charge in [-0.25, -0.2) is 4.79 Å². The van der Waals surface area contributed by atoms with Crippen molar-refractivity contribution in [3.05, 3.63) is 29.6 Å². The Kier molecular flexibility index (Phi) is 4.59. The molecule has 6 heteroatoms. The summed E-state index contributed by atoms with van der Waals surface area (Å²) in [5, 5.41) is 8.94. The van der Waals surface area contributed by atoms with E-state index in [-0.39, 0.29) is 11.3 Å². The maximum Gasteiger partial charge on any atom is 0.338 e. The Morgan fingerprint density at radius 3 is 2.82 bits per heavy atom. The van der Waals surface area contributed by atoms with Gasteiger partial charge in [-0.3, -0.25) is 9.78 Å². The van der Waals surface area contributed by atoms with E-state index in [0.29, 0.717) is 13.2 Å². The highest BCUT2D eigenvalue weighted by molar-refractivity contribution is 6.03. The number of pyridine rings is 1. The van der Waals surface area contributed by atoms with Gasteiger partial charge in [0.25, 0.3) is 5.91 Å². The molecule has 1 aromatic heterocycles. The molecule has 17 heavy (non-hydrogen) atoms. The summed E-state index contributed by atoms with van der Waals surface area (Å²) in [4.78, 5) is 28.0. The second-order valence-electron chi connectivity index (χ2n) is 3.42. The molecule has 0 radical (unpaired) electrons. The smallest absolute Gasteiger partial charge is 0.338 e. The fraction of sp³-hybridized carbons (Fsp3) is 0.364. The second kappa shape index (κ2) is 5.95. The number of hydrogen-bond acceptors (Lipinski definition) is 4. The van der Waals surface area contributed by atoms with Gasteiger partial charge in [0, 0.05) is 26.9 Å². The SMILES string of the molecule is COCCN(C)C(=O)c1ncccc1C(=O)O. The van der Waals surface area contributed by atoms with Crippen LogP contribution in [0.5, 0.6) is 0 Å². The number of carbonyl (C=O) groups is 2. The van der Waals surface area contributed by atoms with Crippen LogP contribution >= 0.6 is 0 Å². The van der Waals surface area contributed by atoms with Crippen molar-refractivity contribution in [1.29, 1.82) is 0 Å². The number of rotatable bonds is 5. The zero-order valence-electron chi connectivity index (χ0n) is 9.71. The number of likely N-dealkylation sites (N-methyl/N-ethyl adjacent to an activating group) is 1. The summed E-state index contributed by atoms with van der Waals surface area (Å²) in [6.45, 7) is 0.766. The van der Waals surface area contributed by atoms with Gasteiger partial charge in [0.2, 0.25) is 0 Å². The molecule has 0 aromatic carbocycles. The summed E-state index contributed by atoms with van der Waals surface area (Å²) in [5.41, 5.74) is -0.152. The van der Waals surface area contributed by atoms with Gasteiger partial charge < -0.3 is 14.7 Å². The molecule has 1 amide bonds. The molecule has 0 unspecified atom stereocenters. The predicted octanol–water partition coefficient (Wildman–Crippen LogP) is 0.498. The van der Waals surface area contributed by atoms with Crippen LogP contribution in [0.1, 0.15) is 20.8 Å². The highest BCUT2D eigenvalue weighted by Gasteiger charge is 2.20. The molecule has 0 bridgehead atoms. The van der Waals surface area contributed by atoms with Gasteiger partial charge in [-0.05, 0) is 12.1 Å². The van der Waals surface area contributed by atoms with E-state index < -0.39 is 11.9 Å². The highest BCUT2D eigenvalue weighted by Crippen LogP contribution is 2.08. The van der Waals surface area contributed by atoms with Crippen molar-refractivity contribution in [2.24, 2.45) is 0 Å². The van der Waals surface area contributed by atoms with E-state index in [1.807, 2.05) is 0 Å². The standard InChI is InChI=1S/C11H14N2O4/c1-13(6-7-17-2)10(14)9-8(11(15)16)4-3-5-12-9/h3-5H,6-7H2,1-2H3,(H,15,16). The molecule has 0 aliphatic rings. The Labute approximate surface area is 98.8 Å². The van der Waals surface area contributed by atoms with Crippen molar-refractivity contribution in [2.45, 2.75) is 0 Å². The molecule has 0 spiro atoms. The molecule has 6 nitrogen and oxygen atoms in total. The molecular formula is C11H14N2O4. The summed E-state index contributed by atoms with van der Waals surface area (Å²) >= 11 is 0. The Morgan fingerprint density at radius 2 is 2.24 bits per heavy atom. The van der Waals surface area contributed by atoms with E-state index in [4.69, 9.17) is 9.84 Å². The highest BCUT2D eigenvalue weighted by atomic mass is 16.5. The zero-order valence-corrected chi connectivity index (χ0v) is 9.71. The van der Waals surface area contributed by atoms with Gasteiger partial charge in [-0.15, -0.1) is 0 Å². The lowest BCUT2D eigenvalue weighted by atomic mass is 10.2. The van der Waals surface area contributed by atoms with Gasteiger partial charge >= 0.3 is 5.97 Å². The van der Waals surface area contributed by atoms with Crippen LogP contribution in [0, 0.1) is 0 Å². The lowest BCUT2D eigenvalue weighted by molar-refractivity contribution is 0.0670. The topological polar surface area (TPSA) is 79.7 Å². The van der Waals surface area contributed by atoms with Crippen LogP contribution in [0.4, 0.5) is 0 Å². The minimum Gasteiger partial charge on any atom is -0.478 e. The first-order valence-electron chi connectivity index (χ1n) is 5.00. The van der Waals surface area contributed by atoms with Crippen LogP contribution in [0.25, 0.3) is 0 Å². The molecular weight excluding hydrogens is 224 g/mol. The molecule has 1 rings (SSSR count). The number of amides is 1. The monoisotopic (exact) mass is 238 g/mol. The van der Waals surface area contributed by atoms with Gasteiger partial charge in [0.1, 0.15) is 5.69 Å². The first-order chi connectivity index (χ1) is 8.07. The summed E-state index contributed by atoms with van der Waals surface area (Å²) in [6.07, 6.45) is 1.39. The molecule has 1 N–H and O–H groups in total. The van der Waals surface area contributed by atoms with E-state index in [1.165, 1.54) is 30.3 Å². The number of ether oxygens (including phenoxy) is 1. The fourth-order valence-electron chi connectivity index (χ4n) is 1.26. The van der Waals surface area contributed by atoms with Crippen LogP contribution in [-0.2, 0) is 4.74 Å². The summed E-state index contributed by atoms with van der Waals surface area (Å²) < 4.78 is 4.85. The van der Waals surface area contributed by atoms with Crippen molar-refractivity contribution in [1.82, 2.24) is 9.88 Å². The van der Waals surface area contributed by atoms with Crippen LogP contribution in [-0.4, -0.2) is 54.2 Å². The summed E-state index contributed by atoms with van der Waals surface area (Å²) in [7, 11) is 3.10. The Balaban J connectivity index is 2.92. The minimum atomic E-state index is -1.17. The van der Waals surface area contributed by atoms with Gasteiger partial charge in [0.15, 0.2) is 0 Å². The number of carbonyl (C=O) groups excluding carboxylic acids is 1. The number of aromatic carboxylic acids is 1. The molecule has 1 heterocycles. The van der Waals surface area contributed by atoms with E-state index in [9.17, 15) is 9.59 Å². The number of carboxylic acid groups (broad SMARTS) is 1. The maximum atomic E-state index is 11.9. The Bertz CT molecular complexity index is 420. The van der Waals surface area contributed by atoms with Crippen LogP contribution in [0.15, 0.2) is 18.3 Å². The molecule has 0 saturated heterocycles. The third-order valence-electron chi connectivity index (χ3n) is 2.22. The molecule has 0 saturated carbocycles. The molecule has 92 valence electrons. The second-order valence-corrected chi connectivity index (χ2v) is 3.42. The van der Waals surface area contributed by atoms with Crippen molar-refractivity contribution in [3.63, 3.8) is 0 Å². The van der Waals surface area contributed by atoms with E-state index >= 15 is 0 Å². The average molecular weight is 238 g/mol. The van der Waals surface area contributed by atoms with Crippen molar-refractivity contribution < 1.29 is 19.4 Å². The van der Waals surface area contributed by atoms with Gasteiger partial charge in [-0.1, -0.05) is 0 Å². The lowest BCUT2D eigenvalue weighted by Gasteiger charge is -2.16. The van der Waals surface area contributed by atoms with E-state index in [0.717, 1.165) is 0 Å². The van der Waals surface area contributed by atoms with Crippen LogP contribution in [0.2, 0.25) is 0 Å². The van der Waals surface area contributed by atoms with Crippen molar-refractivity contribution in [3.8, 4) is 0 Å². The lowest BCUT2D eigenvalue weighted by Crippen LogP contribution is -2.31. The molecule has 0 atom stereocenters. The molecule has 1 aromatic rings. The van der Waals surface area contributed by atoms with Crippen LogP contribution < -0.4 is 0 Å². The first-order valence-corrected chi connectivity index (χ1v) is 5.00. The average Bonchev–Trinajstić information content (AvgIpc) is 2.34. The quantitative estimate of drug-likeness (QED) is 0.807. The minimum absolute atomic E-state index is 0.0568. The molecule has 0 aliphatic carbocycles. The zero-order chi connectivity index (χ0) is 12.8. The number of carboxylic acids is 1. The number of nitrogens with zero attached hydrogens (tertiary/aromatic N) is 2. The van der Waals surface area contributed by atoms with Crippen molar-refractivity contribution >= 4 is 11.9 Å². The van der Waals surface area contributed by atoms with Gasteiger partial charge in [-0.2, -0.15) is 0 Å². The number of hydrogen-bond donors (Lipinski definition) is 1. The Hall–Kier alpha value is -1.95. The molecule has 0 fully saturated rings. The third kappa shape index (κ3) is 3.25. The summed E-state index contributed by atoms with van der Waals surface area (Å²) in [5.74, 6) is -1.60. The normalized spacial score (nSPS) is 10.0. The Morgan fingerprint density at radius 1 is 1.53 bits per heavy atom. The van der Waals surface area contributed by atoms with E-state index in [2.05, 4.69) is 4.98 Å². The summed E-state index contributed by atoms with van der Waals surface area (Å²) in [6, 6.07) is 2.84. The van der Waals surface area contributed by atoms with Crippen molar-refractivity contribution in [2.75, 3.05) is 27.3 Å². The van der Waals surface area contributed by atoms with Gasteiger partial charge in [0.05, 0.1) is 12.2 Å². The van der Waals surface area contributed by atoms with Crippen LogP contribution in [0.3, 0.4) is 0 Å². The maximum absolute atomic E-state index is 11.9. The number of aromatic nitrogens is 1. The third-order valence-corrected chi connectivity index (χ3v) is 2.22. The first kappa shape index (κ1) is 13.1. The van der Waals surface area contributed by atoms with E-state index in [1.54, 1.807) is 7.05 Å². The largest absolute Gasteiger partial charge is 0.478 e.